The van der Waals surface area contributed by atoms with Crippen molar-refractivity contribution < 1.29 is 28.6 Å². The van der Waals surface area contributed by atoms with E-state index in [1.165, 1.54) is 14.2 Å². The summed E-state index contributed by atoms with van der Waals surface area (Å²) < 4.78 is 15.4. The normalized spacial score (nSPS) is 32.9. The summed E-state index contributed by atoms with van der Waals surface area (Å²) in [5.74, 6) is -1.43. The number of rotatable bonds is 2. The highest BCUT2D eigenvalue weighted by Gasteiger charge is 2.72. The maximum absolute atomic E-state index is 12.8. The van der Waals surface area contributed by atoms with Crippen molar-refractivity contribution in [2.24, 2.45) is 5.41 Å². The van der Waals surface area contributed by atoms with Crippen molar-refractivity contribution in [3.63, 3.8) is 0 Å². The molecule has 21 heavy (non-hydrogen) atoms. The van der Waals surface area contributed by atoms with Crippen LogP contribution in [-0.4, -0.2) is 43.6 Å². The molecule has 0 aromatic heterocycles. The third-order valence-corrected chi connectivity index (χ3v) is 5.24. The zero-order chi connectivity index (χ0) is 15.4. The molecule has 2 atom stereocenters. The van der Waals surface area contributed by atoms with Crippen LogP contribution in [0.1, 0.15) is 32.6 Å². The van der Waals surface area contributed by atoms with E-state index in [4.69, 9.17) is 14.2 Å². The molecule has 6 nitrogen and oxygen atoms in total. The Morgan fingerprint density at radius 2 is 1.71 bits per heavy atom. The van der Waals surface area contributed by atoms with Crippen molar-refractivity contribution in [2.75, 3.05) is 14.2 Å². The summed E-state index contributed by atoms with van der Waals surface area (Å²) in [6, 6.07) is 0. The van der Waals surface area contributed by atoms with Crippen molar-refractivity contribution in [2.45, 2.75) is 44.3 Å². The molecule has 114 valence electrons. The number of methoxy groups -OCH3 is 2. The molecule has 0 aromatic carbocycles. The van der Waals surface area contributed by atoms with Crippen LogP contribution in [-0.2, 0) is 28.6 Å². The van der Waals surface area contributed by atoms with E-state index in [0.717, 1.165) is 12.8 Å². The van der Waals surface area contributed by atoms with Crippen LogP contribution in [0, 0.1) is 5.41 Å². The predicted octanol–water partition coefficient (Wildman–Crippen LogP) is 0.930. The second-order valence-electron chi connectivity index (χ2n) is 5.96. The molecule has 3 rings (SSSR count). The van der Waals surface area contributed by atoms with Gasteiger partial charge in [-0.3, -0.25) is 4.79 Å². The first-order valence-corrected chi connectivity index (χ1v) is 7.06. The largest absolute Gasteiger partial charge is 0.466 e. The monoisotopic (exact) mass is 294 g/mol. The lowest BCUT2D eigenvalue weighted by atomic mass is 9.62. The number of hydrogen-bond acceptors (Lipinski definition) is 6. The molecule has 0 unspecified atom stereocenters. The second kappa shape index (κ2) is 4.40. The van der Waals surface area contributed by atoms with Crippen LogP contribution >= 0.6 is 0 Å². The van der Waals surface area contributed by atoms with Crippen molar-refractivity contribution in [3.8, 4) is 0 Å². The van der Waals surface area contributed by atoms with Gasteiger partial charge in [-0.05, 0) is 19.8 Å². The molecule has 0 N–H and O–H groups in total. The van der Waals surface area contributed by atoms with Crippen molar-refractivity contribution >= 4 is 17.7 Å². The molecule has 2 heterocycles. The minimum absolute atomic E-state index is 0.00868. The molecule has 2 bridgehead atoms. The highest BCUT2D eigenvalue weighted by Crippen LogP contribution is 2.62. The fraction of sp³-hybridized carbons (Fsp3) is 0.667. The van der Waals surface area contributed by atoms with E-state index in [0.29, 0.717) is 12.8 Å². The van der Waals surface area contributed by atoms with E-state index in [1.807, 2.05) is 0 Å². The molecule has 2 aliphatic heterocycles. The number of carbonyl (C=O) groups excluding carboxylic acids is 3. The van der Waals surface area contributed by atoms with Gasteiger partial charge in [0.15, 0.2) is 11.9 Å². The molecule has 0 aromatic rings. The lowest BCUT2D eigenvalue weighted by Gasteiger charge is -2.38. The summed E-state index contributed by atoms with van der Waals surface area (Å²) in [5, 5.41) is 0. The first-order valence-electron chi connectivity index (χ1n) is 7.06. The van der Waals surface area contributed by atoms with Crippen LogP contribution < -0.4 is 0 Å². The fourth-order valence-corrected chi connectivity index (χ4v) is 4.19. The Labute approximate surface area is 122 Å². The molecule has 1 aliphatic carbocycles. The van der Waals surface area contributed by atoms with Gasteiger partial charge in [-0.1, -0.05) is 12.8 Å². The Morgan fingerprint density at radius 1 is 1.14 bits per heavy atom. The first kappa shape index (κ1) is 14.3. The third-order valence-electron chi connectivity index (χ3n) is 5.24. The number of hydrogen-bond donors (Lipinski definition) is 0. The van der Waals surface area contributed by atoms with Crippen LogP contribution in [0.5, 0.6) is 0 Å². The average Bonchev–Trinajstić information content (AvgIpc) is 3.13. The van der Waals surface area contributed by atoms with E-state index in [1.54, 1.807) is 6.92 Å². The number of fused-ring (bicyclic) bond motifs is 3. The maximum Gasteiger partial charge on any atom is 0.337 e. The zero-order valence-electron chi connectivity index (χ0n) is 12.4. The van der Waals surface area contributed by atoms with Gasteiger partial charge >= 0.3 is 11.9 Å². The van der Waals surface area contributed by atoms with Gasteiger partial charge in [-0.15, -0.1) is 0 Å². The molecule has 1 saturated carbocycles. The molecule has 3 aliphatic rings. The van der Waals surface area contributed by atoms with Gasteiger partial charge in [0, 0.05) is 0 Å². The molecule has 1 saturated heterocycles. The van der Waals surface area contributed by atoms with E-state index in [9.17, 15) is 14.4 Å². The third kappa shape index (κ3) is 1.48. The molecule has 0 radical (unpaired) electrons. The quantitative estimate of drug-likeness (QED) is 0.705. The number of carbonyl (C=O) groups is 3. The highest BCUT2D eigenvalue weighted by atomic mass is 16.6. The van der Waals surface area contributed by atoms with Crippen LogP contribution in [0.25, 0.3) is 0 Å². The fourth-order valence-electron chi connectivity index (χ4n) is 4.19. The van der Waals surface area contributed by atoms with E-state index < -0.39 is 29.1 Å². The van der Waals surface area contributed by atoms with E-state index in [-0.39, 0.29) is 16.9 Å². The molecule has 6 heteroatoms. The molecule has 2 fully saturated rings. The minimum atomic E-state index is -1.10. The van der Waals surface area contributed by atoms with Crippen molar-refractivity contribution in [3.05, 3.63) is 11.1 Å². The predicted molar refractivity (Wildman–Crippen MR) is 70.2 cm³/mol. The van der Waals surface area contributed by atoms with Crippen LogP contribution in [0.3, 0.4) is 0 Å². The Kier molecular flexibility index (Phi) is 2.99. The zero-order valence-corrected chi connectivity index (χ0v) is 12.4. The summed E-state index contributed by atoms with van der Waals surface area (Å²) in [4.78, 5) is 37.0. The van der Waals surface area contributed by atoms with Gasteiger partial charge < -0.3 is 14.2 Å². The van der Waals surface area contributed by atoms with Crippen molar-refractivity contribution in [1.29, 1.82) is 0 Å². The topological polar surface area (TPSA) is 78.9 Å². The molecule has 1 spiro atoms. The first-order chi connectivity index (χ1) is 9.93. The standard InChI is InChI=1S/C15H18O6/c1-14-9(13(18)20-3)8(12(17)19-2)10(21-14)11(16)15(14)6-4-5-7-15/h10H,4-7H2,1-3H3/t10-,14+/m1/s1. The van der Waals surface area contributed by atoms with Crippen LogP contribution in [0.15, 0.2) is 11.1 Å². The van der Waals surface area contributed by atoms with E-state index >= 15 is 0 Å². The Morgan fingerprint density at radius 3 is 2.24 bits per heavy atom. The Bertz CT molecular complexity index is 569. The SMILES string of the molecule is COC(=O)C1=C(C(=O)OC)[C@]2(C)O[C@H]1C(=O)C21CCCC1. The average molecular weight is 294 g/mol. The summed E-state index contributed by atoms with van der Waals surface area (Å²) in [6.45, 7) is 1.72. The van der Waals surface area contributed by atoms with Gasteiger partial charge in [0.05, 0.1) is 30.8 Å². The van der Waals surface area contributed by atoms with Crippen LogP contribution in [0.4, 0.5) is 0 Å². The number of ketones is 1. The summed E-state index contributed by atoms with van der Waals surface area (Å²) in [7, 11) is 2.47. The van der Waals surface area contributed by atoms with Gasteiger partial charge in [-0.25, -0.2) is 9.59 Å². The van der Waals surface area contributed by atoms with Crippen LogP contribution in [0.2, 0.25) is 0 Å². The van der Waals surface area contributed by atoms with Gasteiger partial charge in [0.25, 0.3) is 0 Å². The number of esters is 2. The van der Waals surface area contributed by atoms with Crippen molar-refractivity contribution in [1.82, 2.24) is 0 Å². The van der Waals surface area contributed by atoms with Gasteiger partial charge in [0.1, 0.15) is 5.60 Å². The summed E-state index contributed by atoms with van der Waals surface area (Å²) >= 11 is 0. The number of ether oxygens (including phenoxy) is 3. The minimum Gasteiger partial charge on any atom is -0.466 e. The summed E-state index contributed by atoms with van der Waals surface area (Å²) in [5.41, 5.74) is -1.64. The smallest absolute Gasteiger partial charge is 0.337 e. The Hall–Kier alpha value is -1.69. The Balaban J connectivity index is 2.21. The van der Waals surface area contributed by atoms with E-state index in [2.05, 4.69) is 0 Å². The highest BCUT2D eigenvalue weighted by molar-refractivity contribution is 6.14. The number of Topliss-reactive ketones (excluding diaryl/α,β-unsaturated/α-hetero) is 1. The van der Waals surface area contributed by atoms with Gasteiger partial charge in [0.2, 0.25) is 0 Å². The lowest BCUT2D eigenvalue weighted by Crippen LogP contribution is -2.50. The molecule has 0 amide bonds. The second-order valence-corrected chi connectivity index (χ2v) is 5.96. The lowest BCUT2D eigenvalue weighted by molar-refractivity contribution is -0.142. The summed E-state index contributed by atoms with van der Waals surface area (Å²) in [6.07, 6.45) is 2.18. The van der Waals surface area contributed by atoms with Gasteiger partial charge in [-0.2, -0.15) is 0 Å². The molecular weight excluding hydrogens is 276 g/mol. The molecular formula is C15H18O6. The maximum atomic E-state index is 12.8.